The highest BCUT2D eigenvalue weighted by atomic mass is 16.6. The lowest BCUT2D eigenvalue weighted by atomic mass is 10.0. The maximum atomic E-state index is 10.6. The van der Waals surface area contributed by atoms with E-state index in [4.69, 9.17) is 11.0 Å². The van der Waals surface area contributed by atoms with Crippen molar-refractivity contribution in [1.29, 1.82) is 5.26 Å². The summed E-state index contributed by atoms with van der Waals surface area (Å²) >= 11 is 0. The van der Waals surface area contributed by atoms with Gasteiger partial charge in [-0.25, -0.2) is 0 Å². The summed E-state index contributed by atoms with van der Waals surface area (Å²) in [6, 6.07) is 5.24. The number of nitrogens with zero attached hydrogens (tertiary/aromatic N) is 2. The van der Waals surface area contributed by atoms with Crippen LogP contribution in [0, 0.1) is 21.4 Å². The molecule has 0 saturated heterocycles. The van der Waals surface area contributed by atoms with Crippen molar-refractivity contribution < 1.29 is 15.1 Å². The third kappa shape index (κ3) is 2.90. The van der Waals surface area contributed by atoms with Crippen molar-refractivity contribution in [1.82, 2.24) is 0 Å². The normalized spacial score (nSPS) is 13.7. The van der Waals surface area contributed by atoms with Crippen LogP contribution in [-0.2, 0) is 0 Å². The van der Waals surface area contributed by atoms with Gasteiger partial charge in [-0.15, -0.1) is 0 Å². The van der Waals surface area contributed by atoms with Gasteiger partial charge in [0.2, 0.25) is 0 Å². The van der Waals surface area contributed by atoms with Crippen molar-refractivity contribution in [2.24, 2.45) is 0 Å². The molecule has 0 fully saturated rings. The van der Waals surface area contributed by atoms with Crippen molar-refractivity contribution in [3.05, 3.63) is 33.9 Å². The van der Waals surface area contributed by atoms with Crippen LogP contribution in [0.25, 0.3) is 0 Å². The Hall–Kier alpha value is -2.17. The van der Waals surface area contributed by atoms with Crippen LogP contribution in [0.3, 0.4) is 0 Å². The Bertz CT molecular complexity index is 469. The number of non-ortho nitro benzene ring substituents is 1. The largest absolute Gasteiger partial charge is 0.398 e. The molecule has 0 radical (unpaired) electrons. The minimum Gasteiger partial charge on any atom is -0.398 e. The van der Waals surface area contributed by atoms with Crippen LogP contribution in [0.15, 0.2) is 18.2 Å². The first kappa shape index (κ1) is 12.9. The molecule has 0 bridgehead atoms. The van der Waals surface area contributed by atoms with Crippen LogP contribution < -0.4 is 5.73 Å². The van der Waals surface area contributed by atoms with Crippen molar-refractivity contribution in [3.63, 3.8) is 0 Å². The highest BCUT2D eigenvalue weighted by molar-refractivity contribution is 5.54. The van der Waals surface area contributed by atoms with Crippen LogP contribution in [-0.4, -0.2) is 21.2 Å². The number of aliphatic hydroxyl groups is 2. The molecular formula is C10H11N3O4. The molecule has 0 aliphatic carbocycles. The minimum atomic E-state index is -1.42. The van der Waals surface area contributed by atoms with E-state index in [-0.39, 0.29) is 23.4 Å². The maximum Gasteiger partial charge on any atom is 0.269 e. The standard InChI is InChI=1S/C10H11N3O4/c11-4-3-9(14)10(15)7-5-6(13(16)17)1-2-8(7)12/h1-2,5,9-10,14-15H,3,12H2. The molecule has 0 aliphatic rings. The van der Waals surface area contributed by atoms with Crippen molar-refractivity contribution in [2.45, 2.75) is 18.6 Å². The average Bonchev–Trinajstić information content (AvgIpc) is 2.28. The van der Waals surface area contributed by atoms with E-state index in [1.54, 1.807) is 6.07 Å². The number of rotatable bonds is 4. The quantitative estimate of drug-likeness (QED) is 0.396. The number of nitrogens with two attached hydrogens (primary N) is 1. The van der Waals surface area contributed by atoms with Crippen molar-refractivity contribution in [3.8, 4) is 6.07 Å². The summed E-state index contributed by atoms with van der Waals surface area (Å²) in [4.78, 5) is 9.92. The van der Waals surface area contributed by atoms with Crippen molar-refractivity contribution in [2.75, 3.05) is 5.73 Å². The van der Waals surface area contributed by atoms with Gasteiger partial charge < -0.3 is 15.9 Å². The van der Waals surface area contributed by atoms with Gasteiger partial charge in [-0.3, -0.25) is 10.1 Å². The molecule has 4 N–H and O–H groups in total. The van der Waals surface area contributed by atoms with Crippen LogP contribution in [0.1, 0.15) is 18.1 Å². The Morgan fingerprint density at radius 1 is 1.53 bits per heavy atom. The molecule has 1 aromatic rings. The second-order valence-electron chi connectivity index (χ2n) is 3.44. The second-order valence-corrected chi connectivity index (χ2v) is 3.44. The van der Waals surface area contributed by atoms with Gasteiger partial charge in [-0.2, -0.15) is 5.26 Å². The summed E-state index contributed by atoms with van der Waals surface area (Å²) in [6.07, 6.45) is -3.04. The second kappa shape index (κ2) is 5.25. The predicted octanol–water partition coefficient (Wildman–Crippen LogP) is 0.485. The van der Waals surface area contributed by atoms with Crippen molar-refractivity contribution >= 4 is 11.4 Å². The van der Waals surface area contributed by atoms with Crippen LogP contribution in [0.2, 0.25) is 0 Å². The highest BCUT2D eigenvalue weighted by Gasteiger charge is 2.22. The molecule has 1 rings (SSSR count). The van der Waals surface area contributed by atoms with E-state index in [0.717, 1.165) is 6.07 Å². The number of hydrogen-bond donors (Lipinski definition) is 3. The Balaban J connectivity index is 3.08. The SMILES string of the molecule is N#CCC(O)C(O)c1cc([N+](=O)[O-])ccc1N. The van der Waals surface area contributed by atoms with E-state index in [9.17, 15) is 20.3 Å². The zero-order chi connectivity index (χ0) is 13.0. The van der Waals surface area contributed by atoms with E-state index in [1.807, 2.05) is 0 Å². The summed E-state index contributed by atoms with van der Waals surface area (Å²) in [5.74, 6) is 0. The summed E-state index contributed by atoms with van der Waals surface area (Å²) in [6.45, 7) is 0. The Morgan fingerprint density at radius 3 is 2.71 bits per heavy atom. The van der Waals surface area contributed by atoms with Gasteiger partial charge in [0.15, 0.2) is 0 Å². The third-order valence-corrected chi connectivity index (χ3v) is 2.26. The molecule has 0 aliphatic heterocycles. The Morgan fingerprint density at radius 2 is 2.18 bits per heavy atom. The number of hydrogen-bond acceptors (Lipinski definition) is 6. The van der Waals surface area contributed by atoms with Crippen LogP contribution >= 0.6 is 0 Å². The van der Waals surface area contributed by atoms with Crippen LogP contribution in [0.4, 0.5) is 11.4 Å². The first-order valence-electron chi connectivity index (χ1n) is 4.74. The van der Waals surface area contributed by atoms with E-state index < -0.39 is 17.1 Å². The molecule has 0 heterocycles. The predicted molar refractivity (Wildman–Crippen MR) is 58.7 cm³/mol. The smallest absolute Gasteiger partial charge is 0.269 e. The molecule has 2 atom stereocenters. The molecule has 0 aromatic heterocycles. The maximum absolute atomic E-state index is 10.6. The van der Waals surface area contributed by atoms with Gasteiger partial charge in [0.25, 0.3) is 5.69 Å². The number of anilines is 1. The van der Waals surface area contributed by atoms with Gasteiger partial charge in [-0.05, 0) is 6.07 Å². The topological polar surface area (TPSA) is 133 Å². The molecule has 0 saturated carbocycles. The van der Waals surface area contributed by atoms with Gasteiger partial charge in [-0.1, -0.05) is 0 Å². The number of nitrogen functional groups attached to an aromatic ring is 1. The van der Waals surface area contributed by atoms with Gasteiger partial charge in [0.1, 0.15) is 6.10 Å². The van der Waals surface area contributed by atoms with E-state index in [0.29, 0.717) is 0 Å². The molecular weight excluding hydrogens is 226 g/mol. The van der Waals surface area contributed by atoms with E-state index >= 15 is 0 Å². The molecule has 0 spiro atoms. The Labute approximate surface area is 96.9 Å². The minimum absolute atomic E-state index is 0.0435. The molecule has 2 unspecified atom stereocenters. The monoisotopic (exact) mass is 237 g/mol. The molecule has 0 amide bonds. The zero-order valence-corrected chi connectivity index (χ0v) is 8.78. The first-order chi connectivity index (χ1) is 7.97. The average molecular weight is 237 g/mol. The number of aliphatic hydroxyl groups excluding tert-OH is 2. The number of benzene rings is 1. The lowest BCUT2D eigenvalue weighted by Crippen LogP contribution is -2.18. The highest BCUT2D eigenvalue weighted by Crippen LogP contribution is 2.28. The van der Waals surface area contributed by atoms with Crippen LogP contribution in [0.5, 0.6) is 0 Å². The molecule has 17 heavy (non-hydrogen) atoms. The van der Waals surface area contributed by atoms with E-state index in [1.165, 1.54) is 12.1 Å². The lowest BCUT2D eigenvalue weighted by Gasteiger charge is -2.17. The summed E-state index contributed by atoms with van der Waals surface area (Å²) in [7, 11) is 0. The zero-order valence-electron chi connectivity index (χ0n) is 8.78. The van der Waals surface area contributed by atoms with E-state index in [2.05, 4.69) is 0 Å². The number of nitro benzene ring substituents is 1. The van der Waals surface area contributed by atoms with Gasteiger partial charge in [0, 0.05) is 23.4 Å². The van der Waals surface area contributed by atoms with Gasteiger partial charge in [0.05, 0.1) is 23.5 Å². The Kier molecular flexibility index (Phi) is 3.98. The fraction of sp³-hybridized carbons (Fsp3) is 0.300. The molecule has 7 nitrogen and oxygen atoms in total. The summed E-state index contributed by atoms with van der Waals surface area (Å²) < 4.78 is 0. The molecule has 1 aromatic carbocycles. The fourth-order valence-corrected chi connectivity index (χ4v) is 1.34. The summed E-state index contributed by atoms with van der Waals surface area (Å²) in [5, 5.41) is 38.1. The molecule has 7 heteroatoms. The first-order valence-corrected chi connectivity index (χ1v) is 4.74. The summed E-state index contributed by atoms with van der Waals surface area (Å²) in [5.41, 5.74) is 5.48. The fourth-order valence-electron chi connectivity index (χ4n) is 1.34. The third-order valence-electron chi connectivity index (χ3n) is 2.26. The lowest BCUT2D eigenvalue weighted by molar-refractivity contribution is -0.385. The number of nitro groups is 1. The molecule has 90 valence electrons. The van der Waals surface area contributed by atoms with Gasteiger partial charge >= 0.3 is 0 Å². The number of nitriles is 1.